The van der Waals surface area contributed by atoms with Gasteiger partial charge in [-0.2, -0.15) is 0 Å². The molecule has 39 heavy (non-hydrogen) atoms. The second-order valence-corrected chi connectivity index (χ2v) is 10.9. The van der Waals surface area contributed by atoms with Gasteiger partial charge >= 0.3 is 0 Å². The number of hydrogen-bond donors (Lipinski definition) is 0. The third-order valence-electron chi connectivity index (χ3n) is 8.22. The molecule has 2 unspecified atom stereocenters. The molecule has 204 valence electrons. The van der Waals surface area contributed by atoms with Gasteiger partial charge in [-0.25, -0.2) is 4.39 Å². The average Bonchev–Trinajstić information content (AvgIpc) is 2.98. The number of amides is 1. The Balaban J connectivity index is 1.52. The van der Waals surface area contributed by atoms with Crippen molar-refractivity contribution in [2.75, 3.05) is 20.2 Å². The van der Waals surface area contributed by atoms with E-state index in [2.05, 4.69) is 29.2 Å². The molecule has 2 aliphatic rings. The van der Waals surface area contributed by atoms with E-state index < -0.39 is 0 Å². The number of carbonyl (C=O) groups is 1. The first-order chi connectivity index (χ1) is 19.1. The third kappa shape index (κ3) is 6.96. The number of methoxy groups -OCH3 is 1. The summed E-state index contributed by atoms with van der Waals surface area (Å²) in [5.41, 5.74) is 3.10. The van der Waals surface area contributed by atoms with E-state index in [0.717, 1.165) is 35.5 Å². The molecule has 5 rings (SSSR count). The number of benzene rings is 3. The number of nitrogens with zero attached hydrogens (tertiary/aromatic N) is 2. The van der Waals surface area contributed by atoms with Crippen molar-refractivity contribution in [3.8, 4) is 5.75 Å². The van der Waals surface area contributed by atoms with E-state index in [0.29, 0.717) is 18.9 Å². The molecule has 4 nitrogen and oxygen atoms in total. The van der Waals surface area contributed by atoms with Crippen LogP contribution in [0.2, 0.25) is 0 Å². The molecule has 1 heterocycles. The summed E-state index contributed by atoms with van der Waals surface area (Å²) in [5, 5.41) is 0. The van der Waals surface area contributed by atoms with Crippen LogP contribution in [0.1, 0.15) is 54.8 Å². The van der Waals surface area contributed by atoms with E-state index in [1.165, 1.54) is 44.2 Å². The fraction of sp³-hybridized carbons (Fsp3) is 0.382. The smallest absolute Gasteiger partial charge is 0.241 e. The van der Waals surface area contributed by atoms with Crippen molar-refractivity contribution in [1.29, 1.82) is 0 Å². The predicted molar refractivity (Wildman–Crippen MR) is 154 cm³/mol. The average molecular weight is 527 g/mol. The Labute approximate surface area is 232 Å². The molecule has 0 N–H and O–H groups in total. The number of ether oxygens (including phenoxy) is 1. The summed E-state index contributed by atoms with van der Waals surface area (Å²) >= 11 is 0. The highest BCUT2D eigenvalue weighted by Gasteiger charge is 2.36. The minimum absolute atomic E-state index is 0.115. The van der Waals surface area contributed by atoms with Gasteiger partial charge in [0, 0.05) is 19.6 Å². The standard InChI is InChI=1S/C34H39FN2O2/c1-39-31-20-16-29(17-21-31)32-13-8-22-36(24-27-11-6-3-7-12-27)33(23-26-9-4-2-5-10-26)34(38)37(32)25-28-14-18-30(35)19-15-28/h2,4-5,8-10,13-21,27,32-33H,3,6-7,11-12,22-25H2,1H3/b13-8-. The predicted octanol–water partition coefficient (Wildman–Crippen LogP) is 6.97. The van der Waals surface area contributed by atoms with Gasteiger partial charge in [-0.05, 0) is 66.1 Å². The van der Waals surface area contributed by atoms with Crippen molar-refractivity contribution in [3.63, 3.8) is 0 Å². The third-order valence-corrected chi connectivity index (χ3v) is 8.22. The van der Waals surface area contributed by atoms with Gasteiger partial charge in [0.25, 0.3) is 0 Å². The van der Waals surface area contributed by atoms with E-state index in [4.69, 9.17) is 4.74 Å². The molecule has 0 saturated heterocycles. The Morgan fingerprint density at radius 1 is 0.872 bits per heavy atom. The maximum absolute atomic E-state index is 14.7. The fourth-order valence-corrected chi connectivity index (χ4v) is 6.05. The molecule has 0 spiro atoms. The van der Waals surface area contributed by atoms with Crippen molar-refractivity contribution in [2.45, 2.75) is 57.2 Å². The van der Waals surface area contributed by atoms with Crippen LogP contribution in [0.3, 0.4) is 0 Å². The fourth-order valence-electron chi connectivity index (χ4n) is 6.05. The number of halogens is 1. The van der Waals surface area contributed by atoms with Crippen molar-refractivity contribution in [2.24, 2.45) is 5.92 Å². The Morgan fingerprint density at radius 2 is 1.59 bits per heavy atom. The zero-order chi connectivity index (χ0) is 27.0. The lowest BCUT2D eigenvalue weighted by atomic mass is 9.88. The number of carbonyl (C=O) groups excluding carboxylic acids is 1. The van der Waals surface area contributed by atoms with Gasteiger partial charge in [-0.3, -0.25) is 9.69 Å². The van der Waals surface area contributed by atoms with Gasteiger partial charge in [0.05, 0.1) is 19.2 Å². The lowest BCUT2D eigenvalue weighted by Crippen LogP contribution is -2.52. The van der Waals surface area contributed by atoms with Crippen LogP contribution in [-0.4, -0.2) is 41.9 Å². The molecule has 2 atom stereocenters. The molecule has 3 aromatic carbocycles. The Bertz CT molecular complexity index is 1220. The molecule has 1 fully saturated rings. The Hall–Kier alpha value is -3.44. The summed E-state index contributed by atoms with van der Waals surface area (Å²) in [4.78, 5) is 19.1. The second kappa shape index (κ2) is 13.1. The van der Waals surface area contributed by atoms with Gasteiger partial charge < -0.3 is 9.64 Å². The molecule has 3 aromatic rings. The van der Waals surface area contributed by atoms with E-state index in [-0.39, 0.29) is 23.8 Å². The molecular weight excluding hydrogens is 487 g/mol. The van der Waals surface area contributed by atoms with E-state index >= 15 is 0 Å². The number of hydrogen-bond acceptors (Lipinski definition) is 3. The maximum atomic E-state index is 14.7. The molecule has 1 aliphatic carbocycles. The summed E-state index contributed by atoms with van der Waals surface area (Å²) in [5.74, 6) is 1.25. The molecular formula is C34H39FN2O2. The zero-order valence-electron chi connectivity index (χ0n) is 22.8. The quantitative estimate of drug-likeness (QED) is 0.297. The van der Waals surface area contributed by atoms with Crippen LogP contribution in [0.5, 0.6) is 5.75 Å². The van der Waals surface area contributed by atoms with E-state index in [9.17, 15) is 9.18 Å². The first-order valence-corrected chi connectivity index (χ1v) is 14.2. The lowest BCUT2D eigenvalue weighted by Gasteiger charge is -2.41. The van der Waals surface area contributed by atoms with Crippen molar-refractivity contribution < 1.29 is 13.9 Å². The first-order valence-electron chi connectivity index (χ1n) is 14.2. The lowest BCUT2D eigenvalue weighted by molar-refractivity contribution is -0.140. The van der Waals surface area contributed by atoms with Gasteiger partial charge in [-0.1, -0.05) is 86.0 Å². The van der Waals surface area contributed by atoms with Crippen LogP contribution < -0.4 is 4.74 Å². The zero-order valence-corrected chi connectivity index (χ0v) is 22.8. The van der Waals surface area contributed by atoms with Crippen molar-refractivity contribution >= 4 is 5.91 Å². The van der Waals surface area contributed by atoms with Crippen LogP contribution in [-0.2, 0) is 17.8 Å². The van der Waals surface area contributed by atoms with E-state index in [1.807, 2.05) is 47.4 Å². The normalized spacial score (nSPS) is 21.8. The van der Waals surface area contributed by atoms with Gasteiger partial charge in [-0.15, -0.1) is 0 Å². The minimum Gasteiger partial charge on any atom is -0.497 e. The summed E-state index contributed by atoms with van der Waals surface area (Å²) in [6.07, 6.45) is 11.4. The molecule has 0 radical (unpaired) electrons. The maximum Gasteiger partial charge on any atom is 0.241 e. The Morgan fingerprint density at radius 3 is 2.28 bits per heavy atom. The van der Waals surface area contributed by atoms with Gasteiger partial charge in [0.1, 0.15) is 11.6 Å². The summed E-state index contributed by atoms with van der Waals surface area (Å²) in [6.45, 7) is 2.09. The minimum atomic E-state index is -0.277. The second-order valence-electron chi connectivity index (χ2n) is 10.9. The van der Waals surface area contributed by atoms with Crippen LogP contribution in [0.15, 0.2) is 91.0 Å². The number of rotatable bonds is 8. The van der Waals surface area contributed by atoms with Gasteiger partial charge in [0.15, 0.2) is 0 Å². The van der Waals surface area contributed by atoms with E-state index in [1.54, 1.807) is 19.2 Å². The highest BCUT2D eigenvalue weighted by Crippen LogP contribution is 2.32. The molecule has 1 aliphatic heterocycles. The highest BCUT2D eigenvalue weighted by molar-refractivity contribution is 5.83. The Kier molecular flexibility index (Phi) is 9.10. The topological polar surface area (TPSA) is 32.8 Å². The largest absolute Gasteiger partial charge is 0.497 e. The summed E-state index contributed by atoms with van der Waals surface area (Å²) < 4.78 is 19.1. The van der Waals surface area contributed by atoms with Crippen LogP contribution in [0.25, 0.3) is 0 Å². The monoisotopic (exact) mass is 526 g/mol. The summed E-state index contributed by atoms with van der Waals surface area (Å²) in [6, 6.07) is 24.3. The SMILES string of the molecule is COc1ccc(C2/C=C\CN(CC3CCCCC3)C(Cc3ccccc3)C(=O)N2Cc2ccc(F)cc2)cc1. The molecule has 1 amide bonds. The molecule has 0 bridgehead atoms. The van der Waals surface area contributed by atoms with Crippen LogP contribution >= 0.6 is 0 Å². The molecule has 0 aromatic heterocycles. The first kappa shape index (κ1) is 27.1. The van der Waals surface area contributed by atoms with Crippen LogP contribution in [0.4, 0.5) is 4.39 Å². The van der Waals surface area contributed by atoms with Crippen molar-refractivity contribution in [3.05, 3.63) is 114 Å². The molecule has 1 saturated carbocycles. The highest BCUT2D eigenvalue weighted by atomic mass is 19.1. The summed E-state index contributed by atoms with van der Waals surface area (Å²) in [7, 11) is 1.66. The molecule has 5 heteroatoms. The van der Waals surface area contributed by atoms with Gasteiger partial charge in [0.2, 0.25) is 5.91 Å². The van der Waals surface area contributed by atoms with Crippen molar-refractivity contribution in [1.82, 2.24) is 9.80 Å². The van der Waals surface area contributed by atoms with Crippen LogP contribution in [0, 0.1) is 11.7 Å².